The third-order valence-electron chi connectivity index (χ3n) is 3.81. The first-order valence-electron chi connectivity index (χ1n) is 6.34. The Balaban J connectivity index is 2.00. The fourth-order valence-electron chi connectivity index (χ4n) is 2.76. The zero-order valence-corrected chi connectivity index (χ0v) is 10.6. The summed E-state index contributed by atoms with van der Waals surface area (Å²) in [4.78, 5) is 0. The smallest absolute Gasteiger partial charge is 0.161 e. The van der Waals surface area contributed by atoms with Crippen LogP contribution in [0, 0.1) is 6.92 Å². The molecule has 0 spiro atoms. The second kappa shape index (κ2) is 4.44. The van der Waals surface area contributed by atoms with E-state index in [4.69, 9.17) is 14.2 Å². The Bertz CT molecular complexity index is 451. The van der Waals surface area contributed by atoms with Crippen LogP contribution in [0.4, 0.5) is 0 Å². The summed E-state index contributed by atoms with van der Waals surface area (Å²) < 4.78 is 16.6. The molecule has 1 fully saturated rings. The van der Waals surface area contributed by atoms with Gasteiger partial charge in [0.1, 0.15) is 13.2 Å². The molecule has 4 heteroatoms. The maximum Gasteiger partial charge on any atom is 0.161 e. The third-order valence-corrected chi connectivity index (χ3v) is 3.81. The van der Waals surface area contributed by atoms with Gasteiger partial charge < -0.3 is 19.3 Å². The molecule has 98 valence electrons. The molecule has 0 bridgehead atoms. The van der Waals surface area contributed by atoms with Gasteiger partial charge >= 0.3 is 0 Å². The molecule has 3 rings (SSSR count). The molecule has 1 saturated heterocycles. The van der Waals surface area contributed by atoms with E-state index in [0.29, 0.717) is 26.4 Å². The zero-order valence-electron chi connectivity index (χ0n) is 10.6. The molecule has 0 aromatic heterocycles. The van der Waals surface area contributed by atoms with Crippen molar-refractivity contribution in [1.82, 2.24) is 0 Å². The van der Waals surface area contributed by atoms with Gasteiger partial charge in [0.25, 0.3) is 0 Å². The molecule has 0 aliphatic carbocycles. The van der Waals surface area contributed by atoms with Crippen LogP contribution in [-0.4, -0.2) is 38.1 Å². The highest BCUT2D eigenvalue weighted by Crippen LogP contribution is 2.42. The summed E-state index contributed by atoms with van der Waals surface area (Å²) >= 11 is 0. The Morgan fingerprint density at radius 2 is 1.83 bits per heavy atom. The van der Waals surface area contributed by atoms with Gasteiger partial charge in [-0.2, -0.15) is 0 Å². The molecular formula is C14H18O4. The highest BCUT2D eigenvalue weighted by molar-refractivity contribution is 5.50. The van der Waals surface area contributed by atoms with Gasteiger partial charge in [0.05, 0.1) is 13.2 Å². The molecule has 1 aromatic rings. The molecule has 0 unspecified atom stereocenters. The highest BCUT2D eigenvalue weighted by atomic mass is 16.6. The Kier molecular flexibility index (Phi) is 2.92. The van der Waals surface area contributed by atoms with E-state index in [-0.39, 0.29) is 12.0 Å². The fourth-order valence-corrected chi connectivity index (χ4v) is 2.76. The van der Waals surface area contributed by atoms with Crippen molar-refractivity contribution in [2.24, 2.45) is 0 Å². The van der Waals surface area contributed by atoms with E-state index in [1.54, 1.807) is 0 Å². The first kappa shape index (κ1) is 11.8. The molecule has 18 heavy (non-hydrogen) atoms. The Labute approximate surface area is 106 Å². The summed E-state index contributed by atoms with van der Waals surface area (Å²) in [5.74, 6) is 1.63. The fraction of sp³-hybridized carbons (Fsp3) is 0.571. The number of ether oxygens (including phenoxy) is 3. The highest BCUT2D eigenvalue weighted by Gasteiger charge is 2.41. The lowest BCUT2D eigenvalue weighted by Gasteiger charge is -2.43. The van der Waals surface area contributed by atoms with Crippen molar-refractivity contribution < 1.29 is 19.3 Å². The second-order valence-corrected chi connectivity index (χ2v) is 5.06. The topological polar surface area (TPSA) is 47.9 Å². The molecule has 4 nitrogen and oxygen atoms in total. The molecular weight excluding hydrogens is 232 g/mol. The Hall–Kier alpha value is -1.26. The number of fused-ring (bicyclic) bond motifs is 1. The summed E-state index contributed by atoms with van der Waals surface area (Å²) in [5.41, 5.74) is 2.34. The van der Waals surface area contributed by atoms with Gasteiger partial charge in [-0.3, -0.25) is 0 Å². The second-order valence-electron chi connectivity index (χ2n) is 5.06. The average Bonchev–Trinajstić information content (AvgIpc) is 2.33. The van der Waals surface area contributed by atoms with Gasteiger partial charge in [0, 0.05) is 12.0 Å². The van der Waals surface area contributed by atoms with Crippen LogP contribution in [0.1, 0.15) is 17.5 Å². The average molecular weight is 250 g/mol. The van der Waals surface area contributed by atoms with Crippen LogP contribution in [0.25, 0.3) is 0 Å². The van der Waals surface area contributed by atoms with E-state index >= 15 is 0 Å². The summed E-state index contributed by atoms with van der Waals surface area (Å²) in [7, 11) is 0. The molecule has 0 amide bonds. The van der Waals surface area contributed by atoms with Gasteiger partial charge in [-0.15, -0.1) is 0 Å². The van der Waals surface area contributed by atoms with E-state index < -0.39 is 0 Å². The lowest BCUT2D eigenvalue weighted by molar-refractivity contribution is -0.0705. The van der Waals surface area contributed by atoms with Crippen molar-refractivity contribution in [3.8, 4) is 11.5 Å². The summed E-state index contributed by atoms with van der Waals surface area (Å²) in [6, 6.07) is 4.09. The van der Waals surface area contributed by atoms with Crippen LogP contribution < -0.4 is 9.47 Å². The van der Waals surface area contributed by atoms with E-state index in [2.05, 4.69) is 13.0 Å². The van der Waals surface area contributed by atoms with Crippen molar-refractivity contribution in [2.45, 2.75) is 18.8 Å². The van der Waals surface area contributed by atoms with Crippen molar-refractivity contribution in [1.29, 1.82) is 0 Å². The molecule has 0 radical (unpaired) electrons. The van der Waals surface area contributed by atoms with Crippen molar-refractivity contribution in [3.63, 3.8) is 0 Å². The molecule has 2 heterocycles. The van der Waals surface area contributed by atoms with E-state index in [1.165, 1.54) is 11.1 Å². The van der Waals surface area contributed by atoms with Crippen molar-refractivity contribution in [3.05, 3.63) is 23.3 Å². The van der Waals surface area contributed by atoms with Crippen LogP contribution in [0.15, 0.2) is 12.1 Å². The molecule has 0 atom stereocenters. The third kappa shape index (κ3) is 1.76. The van der Waals surface area contributed by atoms with E-state index in [0.717, 1.165) is 17.9 Å². The van der Waals surface area contributed by atoms with Gasteiger partial charge in [0.15, 0.2) is 11.5 Å². The van der Waals surface area contributed by atoms with Crippen LogP contribution in [0.3, 0.4) is 0 Å². The number of aryl methyl sites for hydroxylation is 1. The normalized spacial score (nSPS) is 20.3. The largest absolute Gasteiger partial charge is 0.486 e. The number of hydrogen-bond acceptors (Lipinski definition) is 4. The monoisotopic (exact) mass is 250 g/mol. The summed E-state index contributed by atoms with van der Waals surface area (Å²) in [5, 5.41) is 9.25. The maximum atomic E-state index is 9.25. The standard InChI is InChI=1S/C14H18O4/c1-10-6-12-13(18-5-4-17-12)7-11(10)14(2-3-15)8-16-9-14/h6-7,15H,2-5,8-9H2,1H3. The van der Waals surface area contributed by atoms with Gasteiger partial charge in [0.2, 0.25) is 0 Å². The van der Waals surface area contributed by atoms with Gasteiger partial charge in [-0.1, -0.05) is 0 Å². The van der Waals surface area contributed by atoms with Gasteiger partial charge in [-0.25, -0.2) is 0 Å². The van der Waals surface area contributed by atoms with Crippen LogP contribution in [0.2, 0.25) is 0 Å². The number of aliphatic hydroxyl groups is 1. The van der Waals surface area contributed by atoms with Crippen LogP contribution >= 0.6 is 0 Å². The summed E-state index contributed by atoms with van der Waals surface area (Å²) in [6.07, 6.45) is 0.730. The Morgan fingerprint density at radius 3 is 2.39 bits per heavy atom. The lowest BCUT2D eigenvalue weighted by Crippen LogP contribution is -2.47. The zero-order chi connectivity index (χ0) is 12.6. The predicted molar refractivity (Wildman–Crippen MR) is 66.4 cm³/mol. The first-order valence-corrected chi connectivity index (χ1v) is 6.34. The molecule has 0 saturated carbocycles. The molecule has 1 aromatic carbocycles. The molecule has 2 aliphatic heterocycles. The minimum atomic E-state index is -0.0470. The number of aliphatic hydroxyl groups excluding tert-OH is 1. The van der Waals surface area contributed by atoms with Crippen molar-refractivity contribution >= 4 is 0 Å². The number of benzene rings is 1. The van der Waals surface area contributed by atoms with E-state index in [1.807, 2.05) is 6.07 Å². The number of hydrogen-bond donors (Lipinski definition) is 1. The minimum Gasteiger partial charge on any atom is -0.486 e. The molecule has 1 N–H and O–H groups in total. The number of rotatable bonds is 3. The van der Waals surface area contributed by atoms with Crippen LogP contribution in [0.5, 0.6) is 11.5 Å². The van der Waals surface area contributed by atoms with E-state index in [9.17, 15) is 5.11 Å². The first-order chi connectivity index (χ1) is 8.75. The van der Waals surface area contributed by atoms with Gasteiger partial charge in [-0.05, 0) is 36.6 Å². The quantitative estimate of drug-likeness (QED) is 0.881. The van der Waals surface area contributed by atoms with Crippen molar-refractivity contribution in [2.75, 3.05) is 33.0 Å². The maximum absolute atomic E-state index is 9.25. The Morgan fingerprint density at radius 1 is 1.17 bits per heavy atom. The lowest BCUT2D eigenvalue weighted by atomic mass is 9.74. The SMILES string of the molecule is Cc1cc2c(cc1C1(CCO)COC1)OCCO2. The minimum absolute atomic E-state index is 0.0470. The molecule has 2 aliphatic rings. The predicted octanol–water partition coefficient (Wildman–Crippen LogP) is 1.42. The van der Waals surface area contributed by atoms with Crippen LogP contribution in [-0.2, 0) is 10.2 Å². The summed E-state index contributed by atoms with van der Waals surface area (Å²) in [6.45, 7) is 4.81.